The molecule has 0 N–H and O–H groups in total. The van der Waals surface area contributed by atoms with Gasteiger partial charge >= 0.3 is 5.97 Å². The highest BCUT2D eigenvalue weighted by Gasteiger charge is 2.23. The number of methoxy groups -OCH3 is 1. The second-order valence-corrected chi connectivity index (χ2v) is 6.99. The average molecular weight is 430 g/mol. The van der Waals surface area contributed by atoms with E-state index in [0.717, 1.165) is 5.56 Å². The fraction of sp³-hybridized carbons (Fsp3) is 0.154. The number of ketones is 1. The summed E-state index contributed by atoms with van der Waals surface area (Å²) in [5.41, 5.74) is 2.15. The lowest BCUT2D eigenvalue weighted by atomic mass is 10.1. The van der Waals surface area contributed by atoms with Crippen LogP contribution in [0.2, 0.25) is 0 Å². The van der Waals surface area contributed by atoms with Gasteiger partial charge in [-0.25, -0.2) is 4.79 Å². The first-order valence-corrected chi connectivity index (χ1v) is 10.2. The standard InChI is InChI=1S/C26H22O6/c1-3-30-26(28)24-21-15-20(31-16-22(27)17-9-11-19(29-2)12-10-17)13-14-23(21)32-25(24)18-7-5-4-6-8-18/h4-15H,3,16H2,1-2H3. The Hall–Kier alpha value is -4.06. The minimum atomic E-state index is -0.475. The smallest absolute Gasteiger partial charge is 0.342 e. The molecule has 0 aliphatic rings. The molecule has 4 aromatic rings. The molecule has 32 heavy (non-hydrogen) atoms. The number of carbonyl (C=O) groups is 2. The van der Waals surface area contributed by atoms with Crippen molar-refractivity contribution in [2.24, 2.45) is 0 Å². The van der Waals surface area contributed by atoms with Gasteiger partial charge in [-0.05, 0) is 49.4 Å². The van der Waals surface area contributed by atoms with Crippen LogP contribution in [0, 0.1) is 0 Å². The van der Waals surface area contributed by atoms with E-state index < -0.39 is 5.97 Å². The Balaban J connectivity index is 1.63. The van der Waals surface area contributed by atoms with Gasteiger partial charge in [0.05, 0.1) is 13.7 Å². The molecule has 162 valence electrons. The van der Waals surface area contributed by atoms with Gasteiger partial charge in [-0.1, -0.05) is 30.3 Å². The molecule has 6 heteroatoms. The highest BCUT2D eigenvalue weighted by molar-refractivity contribution is 6.09. The Morgan fingerprint density at radius 2 is 1.62 bits per heavy atom. The van der Waals surface area contributed by atoms with Crippen LogP contribution in [0.1, 0.15) is 27.6 Å². The van der Waals surface area contributed by atoms with Crippen LogP contribution in [0.3, 0.4) is 0 Å². The number of hydrogen-bond donors (Lipinski definition) is 0. The van der Waals surface area contributed by atoms with Gasteiger partial charge in [0.2, 0.25) is 0 Å². The van der Waals surface area contributed by atoms with Gasteiger partial charge in [-0.2, -0.15) is 0 Å². The molecule has 0 saturated carbocycles. The van der Waals surface area contributed by atoms with Gasteiger partial charge in [0, 0.05) is 16.5 Å². The van der Waals surface area contributed by atoms with Gasteiger partial charge in [-0.15, -0.1) is 0 Å². The van der Waals surface area contributed by atoms with E-state index in [2.05, 4.69) is 0 Å². The number of carbonyl (C=O) groups excluding carboxylic acids is 2. The maximum Gasteiger partial charge on any atom is 0.342 e. The molecule has 0 atom stereocenters. The van der Waals surface area contributed by atoms with E-state index in [-0.39, 0.29) is 19.0 Å². The van der Waals surface area contributed by atoms with E-state index in [1.165, 1.54) is 0 Å². The molecule has 0 saturated heterocycles. The molecule has 6 nitrogen and oxygen atoms in total. The molecule has 4 rings (SSSR count). The van der Waals surface area contributed by atoms with Crippen molar-refractivity contribution >= 4 is 22.7 Å². The van der Waals surface area contributed by atoms with Gasteiger partial charge in [-0.3, -0.25) is 4.79 Å². The quantitative estimate of drug-likeness (QED) is 0.270. The number of Topliss-reactive ketones (excluding diaryl/α,β-unsaturated/α-hetero) is 1. The summed E-state index contributed by atoms with van der Waals surface area (Å²) in [5.74, 6) is 0.913. The number of furan rings is 1. The predicted molar refractivity (Wildman–Crippen MR) is 120 cm³/mol. The number of rotatable bonds is 8. The minimum absolute atomic E-state index is 0.143. The van der Waals surface area contributed by atoms with E-state index in [4.69, 9.17) is 18.6 Å². The van der Waals surface area contributed by atoms with Crippen molar-refractivity contribution in [3.63, 3.8) is 0 Å². The van der Waals surface area contributed by atoms with Crippen LogP contribution in [-0.4, -0.2) is 32.1 Å². The Labute approximate surface area is 185 Å². The summed E-state index contributed by atoms with van der Waals surface area (Å²) < 4.78 is 22.1. The molecule has 3 aromatic carbocycles. The summed E-state index contributed by atoms with van der Waals surface area (Å²) in [7, 11) is 1.57. The second-order valence-electron chi connectivity index (χ2n) is 6.99. The second kappa shape index (κ2) is 9.39. The lowest BCUT2D eigenvalue weighted by Crippen LogP contribution is -2.11. The Morgan fingerprint density at radius 3 is 2.31 bits per heavy atom. The summed E-state index contributed by atoms with van der Waals surface area (Å²) in [6.45, 7) is 1.85. The molecule has 1 heterocycles. The van der Waals surface area contributed by atoms with Gasteiger partial charge < -0.3 is 18.6 Å². The summed E-state index contributed by atoms with van der Waals surface area (Å²) >= 11 is 0. The molecule has 0 radical (unpaired) electrons. The average Bonchev–Trinajstić information content (AvgIpc) is 3.22. The number of esters is 1. The highest BCUT2D eigenvalue weighted by atomic mass is 16.5. The molecule has 0 unspecified atom stereocenters. The zero-order valence-electron chi connectivity index (χ0n) is 17.8. The largest absolute Gasteiger partial charge is 0.497 e. The molecule has 0 bridgehead atoms. The monoisotopic (exact) mass is 430 g/mol. The van der Waals surface area contributed by atoms with Crippen molar-refractivity contribution in [3.05, 3.63) is 83.9 Å². The Kier molecular flexibility index (Phi) is 6.22. The van der Waals surface area contributed by atoms with Crippen molar-refractivity contribution < 1.29 is 28.2 Å². The van der Waals surface area contributed by atoms with Gasteiger partial charge in [0.25, 0.3) is 0 Å². The van der Waals surface area contributed by atoms with Gasteiger partial charge in [0.15, 0.2) is 12.4 Å². The predicted octanol–water partition coefficient (Wildman–Crippen LogP) is 5.55. The maximum atomic E-state index is 12.7. The molecular weight excluding hydrogens is 408 g/mol. The summed E-state index contributed by atoms with van der Waals surface area (Å²) in [6.07, 6.45) is 0. The zero-order chi connectivity index (χ0) is 22.5. The van der Waals surface area contributed by atoms with E-state index >= 15 is 0 Å². The van der Waals surface area contributed by atoms with Crippen molar-refractivity contribution in [3.8, 4) is 22.8 Å². The zero-order valence-corrected chi connectivity index (χ0v) is 17.8. The third kappa shape index (κ3) is 4.34. The molecule has 1 aromatic heterocycles. The van der Waals surface area contributed by atoms with Crippen molar-refractivity contribution in [1.82, 2.24) is 0 Å². The molecule has 0 spiro atoms. The van der Waals surface area contributed by atoms with Crippen LogP contribution in [0.5, 0.6) is 11.5 Å². The van der Waals surface area contributed by atoms with Gasteiger partial charge in [0.1, 0.15) is 28.4 Å². The van der Waals surface area contributed by atoms with Crippen molar-refractivity contribution in [2.45, 2.75) is 6.92 Å². The number of ether oxygens (including phenoxy) is 3. The number of fused-ring (bicyclic) bond motifs is 1. The van der Waals surface area contributed by atoms with E-state index in [1.54, 1.807) is 56.5 Å². The van der Waals surface area contributed by atoms with Crippen LogP contribution in [0.4, 0.5) is 0 Å². The fourth-order valence-corrected chi connectivity index (χ4v) is 3.37. The summed E-state index contributed by atoms with van der Waals surface area (Å²) in [6, 6.07) is 21.3. The van der Waals surface area contributed by atoms with Crippen molar-refractivity contribution in [1.29, 1.82) is 0 Å². The molecule has 0 aliphatic heterocycles. The van der Waals surface area contributed by atoms with Crippen LogP contribution >= 0.6 is 0 Å². The molecule has 0 aliphatic carbocycles. The first-order chi connectivity index (χ1) is 15.6. The number of benzene rings is 3. The summed E-state index contributed by atoms with van der Waals surface area (Å²) in [5, 5.41) is 0.566. The van der Waals surface area contributed by atoms with Crippen LogP contribution in [-0.2, 0) is 4.74 Å². The van der Waals surface area contributed by atoms with Crippen LogP contribution in [0.25, 0.3) is 22.3 Å². The van der Waals surface area contributed by atoms with E-state index in [9.17, 15) is 9.59 Å². The van der Waals surface area contributed by atoms with E-state index in [1.807, 2.05) is 30.3 Å². The third-order valence-electron chi connectivity index (χ3n) is 4.96. The Bertz CT molecular complexity index is 1240. The fourth-order valence-electron chi connectivity index (χ4n) is 3.37. The van der Waals surface area contributed by atoms with Crippen LogP contribution < -0.4 is 9.47 Å². The first kappa shape index (κ1) is 21.2. The topological polar surface area (TPSA) is 75.0 Å². The molecular formula is C26H22O6. The molecule has 0 amide bonds. The van der Waals surface area contributed by atoms with E-state index in [0.29, 0.717) is 39.4 Å². The highest BCUT2D eigenvalue weighted by Crippen LogP contribution is 2.36. The Morgan fingerprint density at radius 1 is 0.906 bits per heavy atom. The lowest BCUT2D eigenvalue weighted by Gasteiger charge is -2.07. The van der Waals surface area contributed by atoms with Crippen LogP contribution in [0.15, 0.2) is 77.2 Å². The first-order valence-electron chi connectivity index (χ1n) is 10.2. The summed E-state index contributed by atoms with van der Waals surface area (Å²) in [4.78, 5) is 25.2. The number of hydrogen-bond acceptors (Lipinski definition) is 6. The third-order valence-corrected chi connectivity index (χ3v) is 4.96. The lowest BCUT2D eigenvalue weighted by molar-refractivity contribution is 0.0528. The normalized spacial score (nSPS) is 10.7. The molecule has 0 fully saturated rings. The maximum absolute atomic E-state index is 12.7. The minimum Gasteiger partial charge on any atom is -0.497 e. The SMILES string of the molecule is CCOC(=O)c1c(-c2ccccc2)oc2ccc(OCC(=O)c3ccc(OC)cc3)cc12. The van der Waals surface area contributed by atoms with Crippen molar-refractivity contribution in [2.75, 3.05) is 20.3 Å².